The summed E-state index contributed by atoms with van der Waals surface area (Å²) in [5, 5.41) is 9.61. The van der Waals surface area contributed by atoms with E-state index in [4.69, 9.17) is 9.47 Å². The van der Waals surface area contributed by atoms with Crippen LogP contribution in [0.4, 0.5) is 5.69 Å². The summed E-state index contributed by atoms with van der Waals surface area (Å²) in [7, 11) is 0. The number of anilines is 1. The normalized spacial score (nSPS) is 19.3. The van der Waals surface area contributed by atoms with Crippen LogP contribution in [0.2, 0.25) is 0 Å². The van der Waals surface area contributed by atoms with Gasteiger partial charge in [-0.05, 0) is 46.5 Å². The molecule has 7 rings (SSSR count). The fourth-order valence-electron chi connectivity index (χ4n) is 6.42. The molecular weight excluding hydrogens is 588 g/mol. The van der Waals surface area contributed by atoms with Crippen LogP contribution < -0.4 is 4.90 Å². The number of benzene rings is 5. The van der Waals surface area contributed by atoms with Gasteiger partial charge in [0, 0.05) is 31.6 Å². The summed E-state index contributed by atoms with van der Waals surface area (Å²) in [4.78, 5) is 30.2. The number of carbonyl (C=O) groups excluding carboxylic acids is 2. The summed E-state index contributed by atoms with van der Waals surface area (Å²) in [6.45, 7) is 2.14. The summed E-state index contributed by atoms with van der Waals surface area (Å²) in [5.41, 5.74) is 6.26. The zero-order chi connectivity index (χ0) is 32.2. The van der Waals surface area contributed by atoms with Crippen LogP contribution in [-0.4, -0.2) is 34.5 Å². The van der Waals surface area contributed by atoms with E-state index < -0.39 is 6.29 Å². The Kier molecular flexibility index (Phi) is 9.04. The minimum Gasteiger partial charge on any atom is -0.392 e. The van der Waals surface area contributed by atoms with Gasteiger partial charge in [-0.3, -0.25) is 14.5 Å². The molecule has 0 saturated carbocycles. The first-order valence-electron chi connectivity index (χ1n) is 15.9. The van der Waals surface area contributed by atoms with Crippen LogP contribution in [0.15, 0.2) is 133 Å². The average Bonchev–Trinajstić information content (AvgIpc) is 3.38. The average molecular weight is 625 g/mol. The number of aliphatic hydroxyl groups is 1. The van der Waals surface area contributed by atoms with E-state index in [1.807, 2.05) is 54.6 Å². The van der Waals surface area contributed by atoms with Crippen molar-refractivity contribution in [3.8, 4) is 0 Å². The molecule has 1 saturated heterocycles. The van der Waals surface area contributed by atoms with Crippen LogP contribution in [0.25, 0.3) is 0 Å². The lowest BCUT2D eigenvalue weighted by Gasteiger charge is -2.38. The number of fused-ring (bicyclic) bond motifs is 1. The molecule has 0 aliphatic carbocycles. The first-order valence-corrected chi connectivity index (χ1v) is 15.9. The van der Waals surface area contributed by atoms with Crippen molar-refractivity contribution in [3.05, 3.63) is 172 Å². The van der Waals surface area contributed by atoms with Crippen LogP contribution in [0.1, 0.15) is 67.3 Å². The van der Waals surface area contributed by atoms with Crippen molar-refractivity contribution in [2.24, 2.45) is 0 Å². The summed E-state index contributed by atoms with van der Waals surface area (Å²) < 4.78 is 13.3. The van der Waals surface area contributed by atoms with E-state index in [1.165, 1.54) is 16.0 Å². The zero-order valence-electron chi connectivity index (χ0n) is 25.9. The molecule has 0 unspecified atom stereocenters. The Balaban J connectivity index is 1.18. The molecule has 5 aromatic rings. The second kappa shape index (κ2) is 13.8. The molecule has 5 aromatic carbocycles. The minimum absolute atomic E-state index is 0.0291. The highest BCUT2D eigenvalue weighted by Gasteiger charge is 2.38. The number of hydrogen-bond donors (Lipinski definition) is 1. The second-order valence-corrected chi connectivity index (χ2v) is 12.1. The molecular formula is C40H36N2O5. The fourth-order valence-corrected chi connectivity index (χ4v) is 6.42. The summed E-state index contributed by atoms with van der Waals surface area (Å²) in [6.07, 6.45) is -0.564. The molecule has 0 aromatic heterocycles. The van der Waals surface area contributed by atoms with Crippen LogP contribution in [0.3, 0.4) is 0 Å². The number of carbonyl (C=O) groups is 2. The van der Waals surface area contributed by atoms with E-state index in [-0.39, 0.29) is 30.6 Å². The van der Waals surface area contributed by atoms with Crippen molar-refractivity contribution in [3.63, 3.8) is 0 Å². The third-order valence-electron chi connectivity index (χ3n) is 8.77. The Bertz CT molecular complexity index is 1770. The Hall–Kier alpha value is -4.92. The van der Waals surface area contributed by atoms with Gasteiger partial charge in [-0.15, -0.1) is 0 Å². The molecule has 0 bridgehead atoms. The van der Waals surface area contributed by atoms with Gasteiger partial charge in [0.05, 0.1) is 35.6 Å². The van der Waals surface area contributed by atoms with Crippen molar-refractivity contribution in [2.75, 3.05) is 11.4 Å². The Morgan fingerprint density at radius 3 is 1.83 bits per heavy atom. The third kappa shape index (κ3) is 6.80. The standard InChI is InChI=1S/C40H36N2O5/c43-27-30-18-20-31(21-19-30)37-23-34(26-41(24-28-10-3-1-4-11-28)25-29-12-5-2-6-13-29)46-40(47-37)32-14-9-15-33(22-32)42-38(44)35-16-7-8-17-36(35)39(42)45/h1-22,34,37,40,43H,23-27H2/t34-,37+,40+/m0/s1. The molecule has 1 fully saturated rings. The SMILES string of the molecule is O=C1c2ccccc2C(=O)N1c1cccc([C@@H]2O[C@H](CN(Cc3ccccc3)Cc3ccccc3)C[C@H](c3ccc(CO)cc3)O2)c1. The van der Waals surface area contributed by atoms with Gasteiger partial charge in [0.2, 0.25) is 0 Å². The molecule has 2 amide bonds. The largest absolute Gasteiger partial charge is 0.392 e. The predicted octanol–water partition coefficient (Wildman–Crippen LogP) is 7.23. The van der Waals surface area contributed by atoms with Crippen LogP contribution >= 0.6 is 0 Å². The van der Waals surface area contributed by atoms with Gasteiger partial charge in [0.25, 0.3) is 11.8 Å². The maximum absolute atomic E-state index is 13.3. The number of hydrogen-bond acceptors (Lipinski definition) is 6. The van der Waals surface area contributed by atoms with Crippen molar-refractivity contribution in [2.45, 2.75) is 44.6 Å². The number of nitrogens with zero attached hydrogens (tertiary/aromatic N) is 2. The fraction of sp³-hybridized carbons (Fsp3) is 0.200. The van der Waals surface area contributed by atoms with E-state index in [0.29, 0.717) is 29.8 Å². The van der Waals surface area contributed by atoms with Crippen molar-refractivity contribution in [1.29, 1.82) is 0 Å². The van der Waals surface area contributed by atoms with Gasteiger partial charge in [-0.25, -0.2) is 4.90 Å². The number of aliphatic hydroxyl groups excluding tert-OH is 1. The van der Waals surface area contributed by atoms with Crippen LogP contribution in [0, 0.1) is 0 Å². The van der Waals surface area contributed by atoms with E-state index in [9.17, 15) is 14.7 Å². The molecule has 1 N–H and O–H groups in total. The first kappa shape index (κ1) is 30.7. The van der Waals surface area contributed by atoms with E-state index in [0.717, 1.165) is 29.8 Å². The highest BCUT2D eigenvalue weighted by molar-refractivity contribution is 6.34. The molecule has 236 valence electrons. The molecule has 3 atom stereocenters. The van der Waals surface area contributed by atoms with Crippen molar-refractivity contribution in [1.82, 2.24) is 4.90 Å². The molecule has 2 heterocycles. The monoisotopic (exact) mass is 624 g/mol. The van der Waals surface area contributed by atoms with Gasteiger partial charge >= 0.3 is 0 Å². The molecule has 7 heteroatoms. The molecule has 0 radical (unpaired) electrons. The molecule has 0 spiro atoms. The maximum Gasteiger partial charge on any atom is 0.266 e. The Morgan fingerprint density at radius 2 is 1.23 bits per heavy atom. The summed E-state index contributed by atoms with van der Waals surface area (Å²) in [5.74, 6) is -0.684. The Morgan fingerprint density at radius 1 is 0.638 bits per heavy atom. The lowest BCUT2D eigenvalue weighted by atomic mass is 9.99. The van der Waals surface area contributed by atoms with Gasteiger partial charge in [-0.2, -0.15) is 0 Å². The van der Waals surface area contributed by atoms with Gasteiger partial charge in [-0.1, -0.05) is 109 Å². The summed E-state index contributed by atoms with van der Waals surface area (Å²) >= 11 is 0. The number of imide groups is 1. The molecule has 47 heavy (non-hydrogen) atoms. The predicted molar refractivity (Wildman–Crippen MR) is 179 cm³/mol. The smallest absolute Gasteiger partial charge is 0.266 e. The maximum atomic E-state index is 13.3. The second-order valence-electron chi connectivity index (χ2n) is 12.1. The van der Waals surface area contributed by atoms with Crippen molar-refractivity contribution >= 4 is 17.5 Å². The zero-order valence-corrected chi connectivity index (χ0v) is 25.9. The van der Waals surface area contributed by atoms with Gasteiger partial charge in [0.15, 0.2) is 6.29 Å². The van der Waals surface area contributed by atoms with Crippen LogP contribution in [-0.2, 0) is 29.2 Å². The topological polar surface area (TPSA) is 79.3 Å². The number of rotatable bonds is 10. The number of amides is 2. The van der Waals surface area contributed by atoms with E-state index >= 15 is 0 Å². The molecule has 2 aliphatic rings. The highest BCUT2D eigenvalue weighted by Crippen LogP contribution is 2.40. The lowest BCUT2D eigenvalue weighted by molar-refractivity contribution is -0.253. The minimum atomic E-state index is -0.735. The highest BCUT2D eigenvalue weighted by atomic mass is 16.7. The van der Waals surface area contributed by atoms with Crippen molar-refractivity contribution < 1.29 is 24.2 Å². The van der Waals surface area contributed by atoms with Crippen LogP contribution in [0.5, 0.6) is 0 Å². The van der Waals surface area contributed by atoms with E-state index in [1.54, 1.807) is 30.3 Å². The van der Waals surface area contributed by atoms with E-state index in [2.05, 4.69) is 53.4 Å². The quantitative estimate of drug-likeness (QED) is 0.165. The Labute approximate surface area is 274 Å². The lowest BCUT2D eigenvalue weighted by Crippen LogP contribution is -2.39. The number of ether oxygens (including phenoxy) is 2. The molecule has 7 nitrogen and oxygen atoms in total. The summed E-state index contributed by atoms with van der Waals surface area (Å²) in [6, 6.07) is 42.9. The molecule has 2 aliphatic heterocycles. The van der Waals surface area contributed by atoms with Gasteiger partial charge < -0.3 is 14.6 Å². The third-order valence-corrected chi connectivity index (χ3v) is 8.77. The first-order chi connectivity index (χ1) is 23.1. The van der Waals surface area contributed by atoms with Gasteiger partial charge in [0.1, 0.15) is 0 Å².